The fourth-order valence-electron chi connectivity index (χ4n) is 3.97. The molecule has 0 spiro atoms. The molecule has 1 aliphatic rings. The summed E-state index contributed by atoms with van der Waals surface area (Å²) in [6.45, 7) is 4.42. The molecule has 2 rings (SSSR count). The topological polar surface area (TPSA) is 135 Å². The zero-order valence-electron chi connectivity index (χ0n) is 16.8. The van der Waals surface area contributed by atoms with Gasteiger partial charge < -0.3 is 9.66 Å². The van der Waals surface area contributed by atoms with Crippen LogP contribution in [0.1, 0.15) is 57.9 Å². The molecule has 1 aliphatic heterocycles. The van der Waals surface area contributed by atoms with E-state index in [1.165, 1.54) is 12.1 Å². The van der Waals surface area contributed by atoms with Crippen molar-refractivity contribution >= 4 is 31.6 Å². The molecule has 0 saturated carbocycles. The van der Waals surface area contributed by atoms with E-state index in [-0.39, 0.29) is 23.7 Å². The summed E-state index contributed by atoms with van der Waals surface area (Å²) in [5.74, 6) is -0.364. The van der Waals surface area contributed by atoms with Crippen LogP contribution in [-0.4, -0.2) is 60.2 Å². The van der Waals surface area contributed by atoms with Crippen LogP contribution in [-0.2, 0) is 25.7 Å². The molecular formula is C19H29NO7S2. The van der Waals surface area contributed by atoms with Gasteiger partial charge in [-0.2, -0.15) is 13.0 Å². The van der Waals surface area contributed by atoms with Gasteiger partial charge in [0.2, 0.25) is 5.69 Å². The SMILES string of the molecule is CC1=[N+](CCCS(=O)(=O)O)c2ccc(S(=O)(=O)[O-])cc2C1(C)CCCCCCO. The third-order valence-corrected chi connectivity index (χ3v) is 7.35. The molecule has 0 bridgehead atoms. The fraction of sp³-hybridized carbons (Fsp3) is 0.632. The molecule has 1 aromatic carbocycles. The first kappa shape index (κ1) is 23.9. The highest BCUT2D eigenvalue weighted by Crippen LogP contribution is 2.44. The van der Waals surface area contributed by atoms with Gasteiger partial charge in [0.05, 0.1) is 16.1 Å². The molecule has 1 heterocycles. The van der Waals surface area contributed by atoms with Crippen molar-refractivity contribution in [2.75, 3.05) is 18.9 Å². The minimum absolute atomic E-state index is 0.150. The second-order valence-electron chi connectivity index (χ2n) is 7.73. The highest BCUT2D eigenvalue weighted by Gasteiger charge is 2.46. The number of aliphatic hydroxyl groups is 1. The van der Waals surface area contributed by atoms with Crippen molar-refractivity contribution < 1.29 is 35.6 Å². The number of fused-ring (bicyclic) bond motifs is 1. The van der Waals surface area contributed by atoms with E-state index in [4.69, 9.17) is 9.66 Å². The number of hydrogen-bond acceptors (Lipinski definition) is 6. The maximum atomic E-state index is 11.5. The van der Waals surface area contributed by atoms with Crippen molar-refractivity contribution in [3.8, 4) is 0 Å². The predicted molar refractivity (Wildman–Crippen MR) is 108 cm³/mol. The summed E-state index contributed by atoms with van der Waals surface area (Å²) in [4.78, 5) is -0.282. The Morgan fingerprint density at radius 2 is 1.72 bits per heavy atom. The Bertz CT molecular complexity index is 984. The monoisotopic (exact) mass is 447 g/mol. The molecule has 1 atom stereocenters. The minimum atomic E-state index is -4.60. The van der Waals surface area contributed by atoms with Crippen LogP contribution in [0.3, 0.4) is 0 Å². The number of hydrogen-bond donors (Lipinski definition) is 2. The highest BCUT2D eigenvalue weighted by molar-refractivity contribution is 7.86. The molecule has 0 aromatic heterocycles. The first-order valence-corrected chi connectivity index (χ1v) is 12.7. The van der Waals surface area contributed by atoms with Gasteiger partial charge in [0, 0.05) is 31.6 Å². The molecule has 0 fully saturated rings. The van der Waals surface area contributed by atoms with Crippen LogP contribution in [0.4, 0.5) is 5.69 Å². The third kappa shape index (κ3) is 5.85. The number of rotatable bonds is 11. The van der Waals surface area contributed by atoms with E-state index in [2.05, 4.69) is 0 Å². The van der Waals surface area contributed by atoms with Crippen LogP contribution in [0, 0.1) is 0 Å². The molecule has 1 unspecified atom stereocenters. The van der Waals surface area contributed by atoms with Gasteiger partial charge in [-0.05, 0) is 31.9 Å². The Hall–Kier alpha value is -1.33. The van der Waals surface area contributed by atoms with Crippen LogP contribution in [0.2, 0.25) is 0 Å². The maximum absolute atomic E-state index is 11.5. The summed E-state index contributed by atoms with van der Waals surface area (Å²) in [5, 5.41) is 8.92. The molecule has 0 amide bonds. The van der Waals surface area contributed by atoms with Crippen LogP contribution < -0.4 is 0 Å². The highest BCUT2D eigenvalue weighted by atomic mass is 32.2. The van der Waals surface area contributed by atoms with E-state index >= 15 is 0 Å². The molecule has 0 radical (unpaired) electrons. The lowest BCUT2D eigenvalue weighted by atomic mass is 9.76. The molecule has 1 aromatic rings. The van der Waals surface area contributed by atoms with E-state index in [0.29, 0.717) is 6.54 Å². The number of aliphatic hydroxyl groups excluding tert-OH is 1. The standard InChI is InChI=1S/C19H29NO7S2/c1-15-19(2,10-5-3-4-6-12-21)17-14-16(29(25,26)27)8-9-18(17)20(15)11-7-13-28(22,23)24/h8-9,14,21H,3-7,10-13H2,1-2H3,(H-,22,23,24,25,26,27). The minimum Gasteiger partial charge on any atom is -0.744 e. The van der Waals surface area contributed by atoms with Gasteiger partial charge in [-0.25, -0.2) is 8.42 Å². The van der Waals surface area contributed by atoms with Crippen LogP contribution >= 0.6 is 0 Å². The van der Waals surface area contributed by atoms with Crippen molar-refractivity contribution in [3.05, 3.63) is 23.8 Å². The lowest BCUT2D eigenvalue weighted by molar-refractivity contribution is -0.438. The van der Waals surface area contributed by atoms with Crippen LogP contribution in [0.15, 0.2) is 23.1 Å². The zero-order valence-corrected chi connectivity index (χ0v) is 18.4. The second-order valence-corrected chi connectivity index (χ2v) is 10.7. The molecule has 29 heavy (non-hydrogen) atoms. The number of unbranched alkanes of at least 4 members (excludes halogenated alkanes) is 3. The Morgan fingerprint density at radius 1 is 1.07 bits per heavy atom. The summed E-state index contributed by atoms with van der Waals surface area (Å²) < 4.78 is 67.6. The Morgan fingerprint density at radius 3 is 2.31 bits per heavy atom. The normalized spacial score (nSPS) is 19.6. The maximum Gasteiger partial charge on any atom is 0.265 e. The van der Waals surface area contributed by atoms with Gasteiger partial charge in [-0.15, -0.1) is 0 Å². The van der Waals surface area contributed by atoms with Crippen LogP contribution in [0.25, 0.3) is 0 Å². The second kappa shape index (κ2) is 9.22. The average Bonchev–Trinajstić information content (AvgIpc) is 2.81. The van der Waals surface area contributed by atoms with Crippen molar-refractivity contribution in [2.45, 2.75) is 62.7 Å². The predicted octanol–water partition coefficient (Wildman–Crippen LogP) is 2.19. The molecule has 0 aliphatic carbocycles. The molecule has 8 nitrogen and oxygen atoms in total. The van der Waals surface area contributed by atoms with Crippen molar-refractivity contribution in [3.63, 3.8) is 0 Å². The van der Waals surface area contributed by atoms with Gasteiger partial charge >= 0.3 is 0 Å². The van der Waals surface area contributed by atoms with Gasteiger partial charge in [0.1, 0.15) is 16.7 Å². The molecular weight excluding hydrogens is 418 g/mol. The van der Waals surface area contributed by atoms with Crippen molar-refractivity contribution in [2.24, 2.45) is 0 Å². The largest absolute Gasteiger partial charge is 0.744 e. The molecule has 2 N–H and O–H groups in total. The van der Waals surface area contributed by atoms with E-state index in [0.717, 1.165) is 49.1 Å². The smallest absolute Gasteiger partial charge is 0.265 e. The van der Waals surface area contributed by atoms with Gasteiger partial charge in [0.15, 0.2) is 5.71 Å². The zero-order chi connectivity index (χ0) is 21.9. The van der Waals surface area contributed by atoms with E-state index in [9.17, 15) is 21.4 Å². The average molecular weight is 448 g/mol. The van der Waals surface area contributed by atoms with E-state index < -0.39 is 25.7 Å². The summed E-state index contributed by atoms with van der Waals surface area (Å²) in [6, 6.07) is 4.29. The van der Waals surface area contributed by atoms with Gasteiger partial charge in [-0.3, -0.25) is 4.55 Å². The van der Waals surface area contributed by atoms with E-state index in [1.54, 1.807) is 6.07 Å². The van der Waals surface area contributed by atoms with Crippen LogP contribution in [0.5, 0.6) is 0 Å². The third-order valence-electron chi connectivity index (χ3n) is 5.71. The molecule has 10 heteroatoms. The first-order chi connectivity index (χ1) is 13.4. The number of nitrogens with zero attached hydrogens (tertiary/aromatic N) is 1. The summed E-state index contributed by atoms with van der Waals surface area (Å²) in [5.41, 5.74) is 1.95. The fourth-order valence-corrected chi connectivity index (χ4v) is 4.96. The Balaban J connectivity index is 2.37. The van der Waals surface area contributed by atoms with E-state index in [1.807, 2.05) is 18.4 Å². The van der Waals surface area contributed by atoms with Crippen molar-refractivity contribution in [1.82, 2.24) is 0 Å². The lowest BCUT2D eigenvalue weighted by Crippen LogP contribution is -2.30. The summed E-state index contributed by atoms with van der Waals surface area (Å²) >= 11 is 0. The van der Waals surface area contributed by atoms with Gasteiger partial charge in [0.25, 0.3) is 10.1 Å². The summed E-state index contributed by atoms with van der Waals surface area (Å²) in [6.07, 6.45) is 4.35. The lowest BCUT2D eigenvalue weighted by Gasteiger charge is -2.23. The Labute approximate surface area is 172 Å². The molecule has 164 valence electrons. The first-order valence-electron chi connectivity index (χ1n) is 9.68. The quantitative estimate of drug-likeness (QED) is 0.301. The summed E-state index contributed by atoms with van der Waals surface area (Å²) in [7, 11) is -8.66. The Kier molecular flexibility index (Phi) is 7.61. The van der Waals surface area contributed by atoms with Gasteiger partial charge in [-0.1, -0.05) is 19.3 Å². The van der Waals surface area contributed by atoms with Crippen molar-refractivity contribution in [1.29, 1.82) is 0 Å². The number of benzene rings is 1. The molecule has 0 saturated heterocycles.